The zero-order chi connectivity index (χ0) is 16.8. The van der Waals surface area contributed by atoms with E-state index in [4.69, 9.17) is 9.72 Å². The highest BCUT2D eigenvalue weighted by atomic mass is 16.5. The van der Waals surface area contributed by atoms with E-state index in [9.17, 15) is 0 Å². The summed E-state index contributed by atoms with van der Waals surface area (Å²) in [6.07, 6.45) is 6.99. The molecule has 128 valence electrons. The zero-order valence-corrected chi connectivity index (χ0v) is 14.2. The predicted molar refractivity (Wildman–Crippen MR) is 97.1 cm³/mol. The number of pyridine rings is 2. The maximum atomic E-state index is 5.68. The summed E-state index contributed by atoms with van der Waals surface area (Å²) in [6, 6.07) is 9.62. The second-order valence-electron chi connectivity index (χ2n) is 6.79. The minimum Gasteiger partial charge on any atom is -0.492 e. The molecule has 6 nitrogen and oxygen atoms in total. The van der Waals surface area contributed by atoms with Gasteiger partial charge in [-0.2, -0.15) is 5.10 Å². The van der Waals surface area contributed by atoms with Gasteiger partial charge in [0.05, 0.1) is 24.5 Å². The van der Waals surface area contributed by atoms with Crippen LogP contribution in [-0.2, 0) is 0 Å². The van der Waals surface area contributed by atoms with Gasteiger partial charge in [0.1, 0.15) is 11.6 Å². The molecule has 6 rings (SSSR count). The summed E-state index contributed by atoms with van der Waals surface area (Å²) in [5.41, 5.74) is 3.23. The molecular weight excluding hydrogens is 314 g/mol. The van der Waals surface area contributed by atoms with Crippen LogP contribution in [0.3, 0.4) is 0 Å². The van der Waals surface area contributed by atoms with Crippen LogP contribution >= 0.6 is 0 Å². The van der Waals surface area contributed by atoms with Crippen molar-refractivity contribution in [2.24, 2.45) is 0 Å². The molecule has 2 bridgehead atoms. The third-order valence-electron chi connectivity index (χ3n) is 5.10. The number of aromatic nitrogens is 3. The average Bonchev–Trinajstić information content (AvgIpc) is 3.10. The fourth-order valence-corrected chi connectivity index (χ4v) is 3.91. The Morgan fingerprint density at radius 3 is 2.80 bits per heavy atom. The normalized spacial score (nSPS) is 22.0. The predicted octanol–water partition coefficient (Wildman–Crippen LogP) is 2.35. The van der Waals surface area contributed by atoms with Crippen molar-refractivity contribution in [3.63, 3.8) is 0 Å². The smallest absolute Gasteiger partial charge is 0.138 e. The van der Waals surface area contributed by atoms with E-state index in [-0.39, 0.29) is 0 Å². The number of hydrogen-bond acceptors (Lipinski definition) is 5. The van der Waals surface area contributed by atoms with Gasteiger partial charge in [0.2, 0.25) is 0 Å². The van der Waals surface area contributed by atoms with Gasteiger partial charge < -0.3 is 15.0 Å². The van der Waals surface area contributed by atoms with Gasteiger partial charge in [0, 0.05) is 42.5 Å². The molecule has 0 aliphatic carbocycles. The number of rotatable bonds is 4. The summed E-state index contributed by atoms with van der Waals surface area (Å²) in [7, 11) is 0. The molecule has 0 aromatic carbocycles. The average molecular weight is 335 g/mol. The quantitative estimate of drug-likeness (QED) is 0.793. The molecule has 3 aliphatic rings. The molecule has 6 heteroatoms. The number of piperazine rings is 1. The van der Waals surface area contributed by atoms with E-state index in [0.717, 1.165) is 41.3 Å². The van der Waals surface area contributed by atoms with Gasteiger partial charge in [0.15, 0.2) is 0 Å². The minimum absolute atomic E-state index is 0.634. The molecule has 25 heavy (non-hydrogen) atoms. The Morgan fingerprint density at radius 1 is 1.24 bits per heavy atom. The highest BCUT2D eigenvalue weighted by Crippen LogP contribution is 2.30. The number of ether oxygens (including phenoxy) is 1. The van der Waals surface area contributed by atoms with Gasteiger partial charge in [0.25, 0.3) is 0 Å². The van der Waals surface area contributed by atoms with Crippen LogP contribution in [0.1, 0.15) is 13.3 Å². The van der Waals surface area contributed by atoms with Crippen molar-refractivity contribution in [3.8, 4) is 16.9 Å². The first-order chi connectivity index (χ1) is 12.3. The number of hydrogen-bond donors (Lipinski definition) is 1. The molecule has 0 radical (unpaired) electrons. The lowest BCUT2D eigenvalue weighted by molar-refractivity contribution is 0.225. The van der Waals surface area contributed by atoms with Crippen LogP contribution in [0.5, 0.6) is 5.75 Å². The Hall–Kier alpha value is -2.60. The van der Waals surface area contributed by atoms with Crippen molar-refractivity contribution in [1.29, 1.82) is 0 Å². The fourth-order valence-electron chi connectivity index (χ4n) is 3.91. The van der Waals surface area contributed by atoms with Gasteiger partial charge in [-0.3, -0.25) is 0 Å². The van der Waals surface area contributed by atoms with Crippen molar-refractivity contribution < 1.29 is 4.74 Å². The number of fused-ring (bicyclic) bond motifs is 3. The second kappa shape index (κ2) is 5.74. The van der Waals surface area contributed by atoms with Gasteiger partial charge in [-0.1, -0.05) is 0 Å². The Morgan fingerprint density at radius 2 is 2.08 bits per heavy atom. The lowest BCUT2D eigenvalue weighted by atomic mass is 9.91. The monoisotopic (exact) mass is 335 g/mol. The number of anilines is 1. The first kappa shape index (κ1) is 14.7. The lowest BCUT2D eigenvalue weighted by Gasteiger charge is -2.48. The summed E-state index contributed by atoms with van der Waals surface area (Å²) in [5, 5.41) is 7.91. The van der Waals surface area contributed by atoms with E-state index in [0.29, 0.717) is 18.7 Å². The SMILES string of the molecule is CCOc1cc(-c2ccc(N3CC4CC(C3)N4)nc2)c2ccnn2c1. The molecule has 3 aromatic heterocycles. The summed E-state index contributed by atoms with van der Waals surface area (Å²) in [6.45, 7) is 4.72. The van der Waals surface area contributed by atoms with E-state index in [1.807, 2.05) is 36.1 Å². The molecule has 0 spiro atoms. The molecule has 3 aromatic rings. The fraction of sp³-hybridized carbons (Fsp3) is 0.368. The summed E-state index contributed by atoms with van der Waals surface area (Å²) < 4.78 is 7.54. The highest BCUT2D eigenvalue weighted by Gasteiger charge is 2.36. The van der Waals surface area contributed by atoms with E-state index in [1.54, 1.807) is 0 Å². The molecule has 0 amide bonds. The molecule has 2 atom stereocenters. The molecule has 3 saturated heterocycles. The Balaban J connectivity index is 1.48. The van der Waals surface area contributed by atoms with Crippen LogP contribution in [-0.4, -0.2) is 46.4 Å². The van der Waals surface area contributed by atoms with Crippen LogP contribution < -0.4 is 15.0 Å². The second-order valence-corrected chi connectivity index (χ2v) is 6.79. The number of piperidine rings is 1. The Kier molecular flexibility index (Phi) is 3.38. The standard InChI is InChI=1S/C19H21N5O/c1-2-25-16-8-17(18-5-6-21-24(18)12-16)13-3-4-19(20-9-13)23-10-14-7-15(11-23)22-14/h3-6,8-9,12,14-15,22H,2,7,10-11H2,1H3. The molecule has 3 aliphatic heterocycles. The molecule has 2 unspecified atom stereocenters. The third kappa shape index (κ3) is 2.53. The summed E-state index contributed by atoms with van der Waals surface area (Å²) in [5.74, 6) is 1.88. The van der Waals surface area contributed by atoms with Crippen LogP contribution in [0, 0.1) is 0 Å². The van der Waals surface area contributed by atoms with E-state index < -0.39 is 0 Å². The van der Waals surface area contributed by atoms with Crippen LogP contribution in [0.15, 0.2) is 42.9 Å². The van der Waals surface area contributed by atoms with E-state index in [2.05, 4.69) is 33.5 Å². The first-order valence-corrected chi connectivity index (χ1v) is 8.88. The van der Waals surface area contributed by atoms with Crippen molar-refractivity contribution in [2.45, 2.75) is 25.4 Å². The maximum absolute atomic E-state index is 5.68. The van der Waals surface area contributed by atoms with Crippen molar-refractivity contribution in [3.05, 3.63) is 42.9 Å². The summed E-state index contributed by atoms with van der Waals surface area (Å²) >= 11 is 0. The van der Waals surface area contributed by atoms with Crippen molar-refractivity contribution in [1.82, 2.24) is 19.9 Å². The van der Waals surface area contributed by atoms with E-state index >= 15 is 0 Å². The molecule has 3 fully saturated rings. The maximum Gasteiger partial charge on any atom is 0.138 e. The van der Waals surface area contributed by atoms with Crippen LogP contribution in [0.25, 0.3) is 16.6 Å². The molecular formula is C19H21N5O. The lowest BCUT2D eigenvalue weighted by Crippen LogP contribution is -2.67. The molecule has 0 saturated carbocycles. The van der Waals surface area contributed by atoms with Gasteiger partial charge >= 0.3 is 0 Å². The van der Waals surface area contributed by atoms with Crippen molar-refractivity contribution >= 4 is 11.3 Å². The Labute approximate surface area is 146 Å². The zero-order valence-electron chi connectivity index (χ0n) is 14.2. The van der Waals surface area contributed by atoms with Crippen molar-refractivity contribution in [2.75, 3.05) is 24.6 Å². The van der Waals surface area contributed by atoms with Crippen LogP contribution in [0.2, 0.25) is 0 Å². The summed E-state index contributed by atoms with van der Waals surface area (Å²) in [4.78, 5) is 7.11. The highest BCUT2D eigenvalue weighted by molar-refractivity contribution is 5.81. The third-order valence-corrected chi connectivity index (χ3v) is 5.10. The minimum atomic E-state index is 0.634. The van der Waals surface area contributed by atoms with Gasteiger partial charge in [-0.05, 0) is 37.6 Å². The molecule has 6 heterocycles. The van der Waals surface area contributed by atoms with Gasteiger partial charge in [-0.25, -0.2) is 9.50 Å². The Bertz CT molecular complexity index is 888. The topological polar surface area (TPSA) is 54.7 Å². The van der Waals surface area contributed by atoms with Gasteiger partial charge in [-0.15, -0.1) is 0 Å². The largest absolute Gasteiger partial charge is 0.492 e. The molecule has 1 N–H and O–H groups in total. The van der Waals surface area contributed by atoms with E-state index in [1.165, 1.54) is 6.42 Å². The number of nitrogens with zero attached hydrogens (tertiary/aromatic N) is 4. The number of nitrogens with one attached hydrogen (secondary N) is 1. The first-order valence-electron chi connectivity index (χ1n) is 8.88. The van der Waals surface area contributed by atoms with Crippen LogP contribution in [0.4, 0.5) is 5.82 Å².